The number of aromatic nitrogens is 1. The number of amides is 2. The minimum Gasteiger partial charge on any atom is -0.493 e. The summed E-state index contributed by atoms with van der Waals surface area (Å²) in [6.07, 6.45) is 3.35. The van der Waals surface area contributed by atoms with Crippen molar-refractivity contribution < 1.29 is 32.6 Å². The third-order valence-corrected chi connectivity index (χ3v) is 8.49. The SMILES string of the molecule is COc1cc2nccc(Oc3ccc(NC(=O)[C@H]4[C@@H](C(=O)Nc5ccc(F)cc5)C4(C)C)cc3F)c2cc1OC1CCNCC1. The quantitative estimate of drug-likeness (QED) is 0.203. The zero-order valence-electron chi connectivity index (χ0n) is 25.2. The lowest BCUT2D eigenvalue weighted by Gasteiger charge is -2.25. The number of ether oxygens (including phenoxy) is 3. The van der Waals surface area contributed by atoms with E-state index in [0.29, 0.717) is 33.8 Å². The van der Waals surface area contributed by atoms with Gasteiger partial charge in [-0.15, -0.1) is 0 Å². The number of nitrogens with zero attached hydrogens (tertiary/aromatic N) is 1. The maximum absolute atomic E-state index is 15.3. The summed E-state index contributed by atoms with van der Waals surface area (Å²) in [5.74, 6) is -1.62. The van der Waals surface area contributed by atoms with Crippen LogP contribution in [-0.2, 0) is 9.59 Å². The van der Waals surface area contributed by atoms with E-state index in [-0.39, 0.29) is 23.4 Å². The summed E-state index contributed by atoms with van der Waals surface area (Å²) in [6.45, 7) is 5.39. The van der Waals surface area contributed by atoms with Crippen LogP contribution >= 0.6 is 0 Å². The van der Waals surface area contributed by atoms with Gasteiger partial charge < -0.3 is 30.2 Å². The molecule has 1 aliphatic carbocycles. The molecule has 0 bridgehead atoms. The van der Waals surface area contributed by atoms with Crippen molar-refractivity contribution in [2.45, 2.75) is 32.8 Å². The van der Waals surface area contributed by atoms with Gasteiger partial charge in [0.2, 0.25) is 11.8 Å². The zero-order valence-corrected chi connectivity index (χ0v) is 25.2. The van der Waals surface area contributed by atoms with Gasteiger partial charge in [-0.05, 0) is 79.9 Å². The smallest absolute Gasteiger partial charge is 0.228 e. The topological polar surface area (TPSA) is 111 Å². The van der Waals surface area contributed by atoms with Gasteiger partial charge in [-0.2, -0.15) is 0 Å². The molecule has 4 aromatic rings. The highest BCUT2D eigenvalue weighted by atomic mass is 19.1. The molecule has 0 spiro atoms. The Kier molecular flexibility index (Phi) is 8.28. The Bertz CT molecular complexity index is 1740. The van der Waals surface area contributed by atoms with E-state index in [0.717, 1.165) is 25.9 Å². The fourth-order valence-electron chi connectivity index (χ4n) is 5.93. The summed E-state index contributed by atoms with van der Waals surface area (Å²) in [6, 6.07) is 14.8. The lowest BCUT2D eigenvalue weighted by Crippen LogP contribution is -2.34. The van der Waals surface area contributed by atoms with Crippen LogP contribution in [0.4, 0.5) is 20.2 Å². The van der Waals surface area contributed by atoms with E-state index in [2.05, 4.69) is 20.9 Å². The van der Waals surface area contributed by atoms with Gasteiger partial charge in [-0.25, -0.2) is 8.78 Å². The number of benzene rings is 3. The van der Waals surface area contributed by atoms with Gasteiger partial charge in [0.05, 0.1) is 24.5 Å². The number of hydrogen-bond acceptors (Lipinski definition) is 7. The van der Waals surface area contributed by atoms with Crippen LogP contribution in [0.5, 0.6) is 23.0 Å². The van der Waals surface area contributed by atoms with Crippen molar-refractivity contribution in [3.8, 4) is 23.0 Å². The predicted molar refractivity (Wildman–Crippen MR) is 166 cm³/mol. The molecule has 2 aliphatic rings. The highest BCUT2D eigenvalue weighted by molar-refractivity contribution is 6.04. The molecule has 3 aromatic carbocycles. The Morgan fingerprint density at radius 2 is 1.51 bits per heavy atom. The summed E-state index contributed by atoms with van der Waals surface area (Å²) in [5, 5.41) is 9.40. The highest BCUT2D eigenvalue weighted by Crippen LogP contribution is 2.59. The van der Waals surface area contributed by atoms with E-state index in [1.807, 2.05) is 13.8 Å². The van der Waals surface area contributed by atoms with Crippen LogP contribution in [0, 0.1) is 28.9 Å². The highest BCUT2D eigenvalue weighted by Gasteiger charge is 2.65. The number of nitrogens with one attached hydrogen (secondary N) is 3. The third-order valence-electron chi connectivity index (χ3n) is 8.49. The van der Waals surface area contributed by atoms with Gasteiger partial charge >= 0.3 is 0 Å². The minimum atomic E-state index is -0.682. The lowest BCUT2D eigenvalue weighted by atomic mass is 10.1. The third kappa shape index (κ3) is 6.39. The standard InChI is InChI=1S/C34H34F2N4O5/c1-34(2)30(32(41)39-20-6-4-19(35)5-7-20)31(34)33(42)40-21-8-9-27(24(36)16-21)45-26-12-15-38-25-18-28(43-3)29(17-23(25)26)44-22-10-13-37-14-11-22/h4-9,12,15-18,22,30-31,37H,10-11,13-14H2,1-3H3,(H,39,41)(H,40,42)/t30-,31+/m0/s1. The molecular weight excluding hydrogens is 582 g/mol. The Morgan fingerprint density at radius 1 is 0.844 bits per heavy atom. The first-order chi connectivity index (χ1) is 21.6. The number of rotatable bonds is 9. The van der Waals surface area contributed by atoms with Crippen molar-refractivity contribution in [3.05, 3.63) is 78.5 Å². The van der Waals surface area contributed by atoms with Crippen molar-refractivity contribution in [1.29, 1.82) is 0 Å². The number of piperidine rings is 1. The van der Waals surface area contributed by atoms with Crippen molar-refractivity contribution in [2.75, 3.05) is 30.8 Å². The number of hydrogen-bond donors (Lipinski definition) is 3. The summed E-state index contributed by atoms with van der Waals surface area (Å²) in [7, 11) is 1.57. The lowest BCUT2D eigenvalue weighted by molar-refractivity contribution is -0.122. The fraction of sp³-hybridized carbons (Fsp3) is 0.324. The first kappa shape index (κ1) is 30.3. The molecule has 2 fully saturated rings. The Balaban J connectivity index is 1.15. The number of pyridine rings is 1. The maximum Gasteiger partial charge on any atom is 0.228 e. The van der Waals surface area contributed by atoms with Crippen LogP contribution in [0.15, 0.2) is 66.9 Å². The van der Waals surface area contributed by atoms with Gasteiger partial charge in [0.15, 0.2) is 23.1 Å². The van der Waals surface area contributed by atoms with E-state index < -0.39 is 34.8 Å². The second kappa shape index (κ2) is 12.3. The van der Waals surface area contributed by atoms with Crippen LogP contribution in [0.2, 0.25) is 0 Å². The van der Waals surface area contributed by atoms with Crippen LogP contribution < -0.4 is 30.2 Å². The minimum absolute atomic E-state index is 0.0412. The number of anilines is 2. The van der Waals surface area contributed by atoms with E-state index in [1.165, 1.54) is 42.5 Å². The van der Waals surface area contributed by atoms with Gasteiger partial charge in [-0.3, -0.25) is 14.6 Å². The zero-order chi connectivity index (χ0) is 31.7. The molecule has 0 unspecified atom stereocenters. The molecule has 3 N–H and O–H groups in total. The molecule has 2 atom stereocenters. The molecule has 2 amide bonds. The van der Waals surface area contributed by atoms with Crippen LogP contribution in [0.25, 0.3) is 10.9 Å². The Hall–Kier alpha value is -4.77. The first-order valence-electron chi connectivity index (χ1n) is 14.8. The largest absolute Gasteiger partial charge is 0.493 e. The molecule has 1 saturated heterocycles. The van der Waals surface area contributed by atoms with Gasteiger partial charge in [-0.1, -0.05) is 13.8 Å². The molecule has 1 aromatic heterocycles. The summed E-state index contributed by atoms with van der Waals surface area (Å²) >= 11 is 0. The monoisotopic (exact) mass is 616 g/mol. The second-order valence-corrected chi connectivity index (χ2v) is 11.9. The number of methoxy groups -OCH3 is 1. The van der Waals surface area contributed by atoms with Crippen molar-refractivity contribution in [1.82, 2.24) is 10.3 Å². The number of carbonyl (C=O) groups excluding carboxylic acids is 2. The molecule has 9 nitrogen and oxygen atoms in total. The normalized spacial score (nSPS) is 19.0. The molecule has 6 rings (SSSR count). The van der Waals surface area contributed by atoms with Gasteiger partial charge in [0.1, 0.15) is 17.7 Å². The summed E-state index contributed by atoms with van der Waals surface area (Å²) in [4.78, 5) is 30.4. The van der Waals surface area contributed by atoms with Gasteiger partial charge in [0.25, 0.3) is 0 Å². The average Bonchev–Trinajstić information content (AvgIpc) is 3.62. The van der Waals surface area contributed by atoms with E-state index in [9.17, 15) is 14.0 Å². The summed E-state index contributed by atoms with van der Waals surface area (Å²) in [5.41, 5.74) is 0.647. The second-order valence-electron chi connectivity index (χ2n) is 11.9. The maximum atomic E-state index is 15.3. The van der Waals surface area contributed by atoms with E-state index >= 15 is 4.39 Å². The van der Waals surface area contributed by atoms with Crippen LogP contribution in [0.1, 0.15) is 26.7 Å². The predicted octanol–water partition coefficient (Wildman–Crippen LogP) is 6.29. The summed E-state index contributed by atoms with van der Waals surface area (Å²) < 4.78 is 46.3. The van der Waals surface area contributed by atoms with Gasteiger partial charge in [0, 0.05) is 35.1 Å². The van der Waals surface area contributed by atoms with Crippen molar-refractivity contribution in [3.63, 3.8) is 0 Å². The van der Waals surface area contributed by atoms with E-state index in [1.54, 1.807) is 31.5 Å². The fourth-order valence-corrected chi connectivity index (χ4v) is 5.93. The first-order valence-corrected chi connectivity index (χ1v) is 14.8. The van der Waals surface area contributed by atoms with Crippen LogP contribution in [0.3, 0.4) is 0 Å². The molecular formula is C34H34F2N4O5. The Labute approximate surface area is 259 Å². The number of halogens is 2. The number of carbonyl (C=O) groups is 2. The number of fused-ring (bicyclic) bond motifs is 1. The van der Waals surface area contributed by atoms with Crippen molar-refractivity contribution in [2.24, 2.45) is 17.3 Å². The molecule has 1 saturated carbocycles. The molecule has 0 radical (unpaired) electrons. The average molecular weight is 617 g/mol. The molecule has 11 heteroatoms. The van der Waals surface area contributed by atoms with Crippen molar-refractivity contribution >= 4 is 34.1 Å². The Morgan fingerprint density at radius 3 is 2.18 bits per heavy atom. The van der Waals surface area contributed by atoms with E-state index in [4.69, 9.17) is 14.2 Å². The molecule has 45 heavy (non-hydrogen) atoms. The molecule has 2 heterocycles. The van der Waals surface area contributed by atoms with Crippen LogP contribution in [-0.4, -0.2) is 43.1 Å². The molecule has 1 aliphatic heterocycles. The molecule has 234 valence electrons.